The number of methoxy groups -OCH3 is 1. The summed E-state index contributed by atoms with van der Waals surface area (Å²) < 4.78 is 7.08. The van der Waals surface area contributed by atoms with E-state index in [1.54, 1.807) is 13.0 Å². The molecule has 0 aromatic rings. The lowest BCUT2D eigenvalue weighted by Crippen LogP contribution is -2.12. The summed E-state index contributed by atoms with van der Waals surface area (Å²) in [6, 6.07) is 0. The van der Waals surface area contributed by atoms with Gasteiger partial charge in [-0.1, -0.05) is 6.08 Å². The Balaban J connectivity index is 3.97. The van der Waals surface area contributed by atoms with Crippen LogP contribution in [0, 0.1) is 0 Å². The largest absolute Gasteiger partial charge is 0.464 e. The quantitative estimate of drug-likeness (QED) is 0.339. The molecule has 0 spiro atoms. The maximum absolute atomic E-state index is 10.6. The number of allylic oxidation sites excluding steroid dienone is 1. The fourth-order valence-corrected chi connectivity index (χ4v) is 0.853. The van der Waals surface area contributed by atoms with Crippen molar-refractivity contribution in [3.63, 3.8) is 0 Å². The summed E-state index contributed by atoms with van der Waals surface area (Å²) in [5.74, 6) is -0.341. The third kappa shape index (κ3) is 2.69. The van der Waals surface area contributed by atoms with E-state index in [0.29, 0.717) is 5.70 Å². The Morgan fingerprint density at radius 3 is 2.44 bits per heavy atom. The van der Waals surface area contributed by atoms with E-state index < -0.39 is 0 Å². The van der Waals surface area contributed by atoms with Crippen LogP contribution in [0.3, 0.4) is 0 Å². The minimum atomic E-state index is -0.341. The van der Waals surface area contributed by atoms with Crippen molar-refractivity contribution in [2.24, 2.45) is 0 Å². The van der Waals surface area contributed by atoms with Crippen LogP contribution in [0.2, 0.25) is 0 Å². The second kappa shape index (κ2) is 4.60. The Labute approximate surface area is 68.0 Å². The summed E-state index contributed by atoms with van der Waals surface area (Å²) >= 11 is 1.87. The maximum atomic E-state index is 10.6. The molecule has 0 fully saturated rings. The van der Waals surface area contributed by atoms with Gasteiger partial charge in [0, 0.05) is 0 Å². The fourth-order valence-electron chi connectivity index (χ4n) is 0.321. The van der Waals surface area contributed by atoms with Gasteiger partial charge in [0.25, 0.3) is 0 Å². The molecule has 0 unspecified atom stereocenters. The molecule has 0 aromatic carbocycles. The highest BCUT2D eigenvalue weighted by Gasteiger charge is 2.03. The molecule has 0 aliphatic carbocycles. The van der Waals surface area contributed by atoms with Gasteiger partial charge in [-0.2, -0.15) is 0 Å². The second-order valence-electron chi connectivity index (χ2n) is 1.29. The van der Waals surface area contributed by atoms with Crippen LogP contribution < -0.4 is 3.53 Å². The zero-order valence-corrected chi connectivity index (χ0v) is 7.43. The van der Waals surface area contributed by atoms with E-state index in [1.807, 2.05) is 22.9 Å². The second-order valence-corrected chi connectivity index (χ2v) is 1.83. The molecule has 0 aliphatic rings. The van der Waals surface area contributed by atoms with Crippen molar-refractivity contribution in [1.82, 2.24) is 3.53 Å². The van der Waals surface area contributed by atoms with E-state index in [9.17, 15) is 4.79 Å². The van der Waals surface area contributed by atoms with Gasteiger partial charge >= 0.3 is 5.97 Å². The van der Waals surface area contributed by atoms with Crippen LogP contribution in [-0.4, -0.2) is 13.1 Å². The summed E-state index contributed by atoms with van der Waals surface area (Å²) in [7, 11) is 1.35. The molecule has 0 rings (SSSR count). The molecule has 3 nitrogen and oxygen atoms in total. The van der Waals surface area contributed by atoms with Crippen LogP contribution in [-0.2, 0) is 9.53 Å². The molecule has 0 atom stereocenters. The van der Waals surface area contributed by atoms with E-state index in [-0.39, 0.29) is 5.97 Å². The molecule has 0 aliphatic heterocycles. The highest BCUT2D eigenvalue weighted by atomic mass is 127. The monoisotopic (exact) mass is 241 g/mol. The van der Waals surface area contributed by atoms with Crippen LogP contribution >= 0.6 is 22.9 Å². The molecule has 0 aromatic heterocycles. The summed E-state index contributed by atoms with van der Waals surface area (Å²) in [6.07, 6.45) is 1.65. The van der Waals surface area contributed by atoms with Crippen molar-refractivity contribution >= 4 is 28.8 Å². The van der Waals surface area contributed by atoms with Gasteiger partial charge in [0.1, 0.15) is 5.70 Å². The summed E-state index contributed by atoms with van der Waals surface area (Å²) in [4.78, 5) is 10.6. The lowest BCUT2D eigenvalue weighted by atomic mass is 10.4. The fraction of sp³-hybridized carbons (Fsp3) is 0.400. The molecule has 0 saturated carbocycles. The molecule has 1 N–H and O–H groups in total. The molecule has 0 saturated heterocycles. The highest BCUT2D eigenvalue weighted by molar-refractivity contribution is 14.1. The van der Waals surface area contributed by atoms with E-state index in [1.165, 1.54) is 7.11 Å². The van der Waals surface area contributed by atoms with Crippen molar-refractivity contribution in [2.75, 3.05) is 7.11 Å². The smallest absolute Gasteiger partial charge is 0.354 e. The van der Waals surface area contributed by atoms with Crippen molar-refractivity contribution in [3.05, 3.63) is 11.8 Å². The number of hydrogen-bond acceptors (Lipinski definition) is 3. The standard InChI is InChI=1S/C5H8INO2/c1-3-4(7-6)5(8)9-2/h3,7H,1-2H3/b4-3-. The number of esters is 1. The van der Waals surface area contributed by atoms with Crippen molar-refractivity contribution in [1.29, 1.82) is 0 Å². The first-order valence-corrected chi connectivity index (χ1v) is 3.45. The van der Waals surface area contributed by atoms with E-state index in [2.05, 4.69) is 8.27 Å². The van der Waals surface area contributed by atoms with E-state index >= 15 is 0 Å². The van der Waals surface area contributed by atoms with E-state index in [4.69, 9.17) is 0 Å². The Morgan fingerprint density at radius 1 is 1.78 bits per heavy atom. The zero-order valence-electron chi connectivity index (χ0n) is 5.27. The van der Waals surface area contributed by atoms with Crippen molar-refractivity contribution in [3.8, 4) is 0 Å². The van der Waals surface area contributed by atoms with Crippen LogP contribution in [0.1, 0.15) is 6.92 Å². The molecule has 4 heteroatoms. The van der Waals surface area contributed by atoms with Crippen LogP contribution in [0.5, 0.6) is 0 Å². The highest BCUT2D eigenvalue weighted by Crippen LogP contribution is 1.93. The molecule has 0 amide bonds. The lowest BCUT2D eigenvalue weighted by Gasteiger charge is -1.99. The predicted octanol–water partition coefficient (Wildman–Crippen LogP) is 1.00. The third-order valence-electron chi connectivity index (χ3n) is 0.796. The molecule has 0 bridgehead atoms. The summed E-state index contributed by atoms with van der Waals surface area (Å²) in [5, 5.41) is 0. The Kier molecular flexibility index (Phi) is 4.47. The molecule has 9 heavy (non-hydrogen) atoms. The SMILES string of the molecule is C/C=C(\NI)C(=O)OC. The Hall–Kier alpha value is -0.260. The van der Waals surface area contributed by atoms with Crippen LogP contribution in [0.4, 0.5) is 0 Å². The minimum absolute atomic E-state index is 0.341. The Bertz CT molecular complexity index is 133. The number of carbonyl (C=O) groups excluding carboxylic acids is 1. The summed E-state index contributed by atoms with van der Waals surface area (Å²) in [5.41, 5.74) is 0.470. The average molecular weight is 241 g/mol. The van der Waals surface area contributed by atoms with Crippen molar-refractivity contribution in [2.45, 2.75) is 6.92 Å². The molecule has 0 radical (unpaired) electrons. The molecule has 52 valence electrons. The normalized spacial score (nSPS) is 10.8. The number of halogens is 1. The third-order valence-corrected chi connectivity index (χ3v) is 1.38. The number of nitrogens with one attached hydrogen (secondary N) is 1. The summed E-state index contributed by atoms with van der Waals surface area (Å²) in [6.45, 7) is 1.76. The number of ether oxygens (including phenoxy) is 1. The van der Waals surface area contributed by atoms with Gasteiger partial charge in [-0.3, -0.25) is 0 Å². The van der Waals surface area contributed by atoms with Crippen LogP contribution in [0.15, 0.2) is 11.8 Å². The maximum Gasteiger partial charge on any atom is 0.354 e. The Morgan fingerprint density at radius 2 is 2.33 bits per heavy atom. The van der Waals surface area contributed by atoms with Gasteiger partial charge in [0.2, 0.25) is 0 Å². The zero-order chi connectivity index (χ0) is 7.28. The number of carbonyl (C=O) groups is 1. The van der Waals surface area contributed by atoms with Gasteiger partial charge in [0.15, 0.2) is 0 Å². The van der Waals surface area contributed by atoms with Gasteiger partial charge in [0.05, 0.1) is 30.0 Å². The number of rotatable bonds is 2. The molecule has 0 heterocycles. The van der Waals surface area contributed by atoms with Gasteiger partial charge in [-0.05, 0) is 6.92 Å². The lowest BCUT2D eigenvalue weighted by molar-refractivity contribution is -0.136. The van der Waals surface area contributed by atoms with Crippen LogP contribution in [0.25, 0.3) is 0 Å². The topological polar surface area (TPSA) is 38.3 Å². The van der Waals surface area contributed by atoms with Gasteiger partial charge in [-0.15, -0.1) is 0 Å². The van der Waals surface area contributed by atoms with E-state index in [0.717, 1.165) is 0 Å². The minimum Gasteiger partial charge on any atom is -0.464 e. The van der Waals surface area contributed by atoms with Gasteiger partial charge < -0.3 is 8.27 Å². The number of hydrogen-bond donors (Lipinski definition) is 1. The van der Waals surface area contributed by atoms with Crippen molar-refractivity contribution < 1.29 is 9.53 Å². The first kappa shape index (κ1) is 8.74. The predicted molar refractivity (Wildman–Crippen MR) is 42.9 cm³/mol. The average Bonchev–Trinajstić information content (AvgIpc) is 1.90. The van der Waals surface area contributed by atoms with Gasteiger partial charge in [-0.25, -0.2) is 4.79 Å². The molecular formula is C5H8INO2. The first-order valence-electron chi connectivity index (χ1n) is 2.37. The first-order chi connectivity index (χ1) is 4.26. The molecular weight excluding hydrogens is 233 g/mol.